The molecule has 0 fully saturated rings. The second kappa shape index (κ2) is 10.2. The quantitative estimate of drug-likeness (QED) is 0.349. The van der Waals surface area contributed by atoms with Crippen LogP contribution in [-0.2, 0) is 9.53 Å². The maximum Gasteiger partial charge on any atom is 0.350 e. The second-order valence-electron chi connectivity index (χ2n) is 7.72. The summed E-state index contributed by atoms with van der Waals surface area (Å²) in [7, 11) is 0. The van der Waals surface area contributed by atoms with Crippen molar-refractivity contribution < 1.29 is 14.3 Å². The van der Waals surface area contributed by atoms with Crippen molar-refractivity contribution in [2.24, 2.45) is 5.92 Å². The number of benzene rings is 1. The summed E-state index contributed by atoms with van der Waals surface area (Å²) in [5, 5.41) is 4.86. The number of fused-ring (bicyclic) bond motifs is 1. The van der Waals surface area contributed by atoms with Gasteiger partial charge in [-0.05, 0) is 43.9 Å². The number of para-hydroxylation sites is 1. The van der Waals surface area contributed by atoms with E-state index in [2.05, 4.69) is 10.3 Å². The summed E-state index contributed by atoms with van der Waals surface area (Å²) < 4.78 is 5.29. The van der Waals surface area contributed by atoms with Gasteiger partial charge in [-0.15, -0.1) is 0 Å². The number of thioether (sulfide) groups is 1. The van der Waals surface area contributed by atoms with Crippen molar-refractivity contribution in [3.05, 3.63) is 46.5 Å². The van der Waals surface area contributed by atoms with E-state index < -0.39 is 5.97 Å². The molecule has 0 saturated carbocycles. The number of amides is 1. The van der Waals surface area contributed by atoms with Gasteiger partial charge in [0.2, 0.25) is 5.91 Å². The third-order valence-electron chi connectivity index (χ3n) is 4.59. The fraction of sp³-hybridized carbons (Fsp3) is 0.391. The van der Waals surface area contributed by atoms with E-state index in [9.17, 15) is 9.59 Å². The van der Waals surface area contributed by atoms with E-state index in [1.54, 1.807) is 6.92 Å². The molecule has 3 rings (SSSR count). The van der Waals surface area contributed by atoms with Gasteiger partial charge >= 0.3 is 5.97 Å². The highest BCUT2D eigenvalue weighted by Crippen LogP contribution is 2.30. The van der Waals surface area contributed by atoms with Gasteiger partial charge in [-0.1, -0.05) is 62.1 Å². The Hall–Kier alpha value is -2.45. The molecule has 1 aromatic carbocycles. The van der Waals surface area contributed by atoms with E-state index in [4.69, 9.17) is 9.72 Å². The standard InChI is InChI=1S/C23H27N3O3S2/c1-6-18(30-19-11-14(4)16-9-7-8-10-17(16)25-19)21(27)26-23-24-15(5)20(31-23)22(28)29-12-13(2)3/h7-11,13,18H,6,12H2,1-5H3,(H,24,26,27). The van der Waals surface area contributed by atoms with Gasteiger partial charge in [0.05, 0.1) is 28.1 Å². The van der Waals surface area contributed by atoms with Crippen LogP contribution in [0.3, 0.4) is 0 Å². The largest absolute Gasteiger partial charge is 0.461 e. The lowest BCUT2D eigenvalue weighted by molar-refractivity contribution is -0.115. The second-order valence-corrected chi connectivity index (χ2v) is 9.95. The smallest absolute Gasteiger partial charge is 0.350 e. The maximum atomic E-state index is 12.9. The first-order chi connectivity index (χ1) is 14.8. The van der Waals surface area contributed by atoms with Crippen molar-refractivity contribution in [2.75, 3.05) is 11.9 Å². The highest BCUT2D eigenvalue weighted by molar-refractivity contribution is 8.00. The molecule has 2 heterocycles. The number of ether oxygens (including phenoxy) is 1. The number of hydrogen-bond acceptors (Lipinski definition) is 7. The van der Waals surface area contributed by atoms with Crippen molar-refractivity contribution in [1.82, 2.24) is 9.97 Å². The van der Waals surface area contributed by atoms with E-state index in [1.807, 2.05) is 58.0 Å². The minimum Gasteiger partial charge on any atom is -0.461 e. The van der Waals surface area contributed by atoms with Gasteiger partial charge in [-0.25, -0.2) is 14.8 Å². The number of hydrogen-bond donors (Lipinski definition) is 1. The fourth-order valence-corrected chi connectivity index (χ4v) is 4.86. The Bertz CT molecular complexity index is 1090. The number of carbonyl (C=O) groups excluding carboxylic acids is 2. The van der Waals surface area contributed by atoms with Crippen LogP contribution in [0.5, 0.6) is 0 Å². The zero-order chi connectivity index (χ0) is 22.5. The highest BCUT2D eigenvalue weighted by Gasteiger charge is 2.23. The number of thiazole rings is 1. The minimum atomic E-state index is -0.401. The molecule has 31 heavy (non-hydrogen) atoms. The van der Waals surface area contributed by atoms with Crippen LogP contribution >= 0.6 is 23.1 Å². The molecule has 164 valence electrons. The van der Waals surface area contributed by atoms with Crippen molar-refractivity contribution >= 4 is 51.0 Å². The number of anilines is 1. The van der Waals surface area contributed by atoms with Crippen LogP contribution in [-0.4, -0.2) is 33.7 Å². The predicted molar refractivity (Wildman–Crippen MR) is 127 cm³/mol. The summed E-state index contributed by atoms with van der Waals surface area (Å²) in [5.41, 5.74) is 2.60. The SMILES string of the molecule is CCC(Sc1cc(C)c2ccccc2n1)C(=O)Nc1nc(C)c(C(=O)OCC(C)C)s1. The third kappa shape index (κ3) is 5.83. The van der Waals surface area contributed by atoms with Gasteiger partial charge in [0.1, 0.15) is 4.88 Å². The van der Waals surface area contributed by atoms with Gasteiger partial charge in [-0.2, -0.15) is 0 Å². The molecule has 1 N–H and O–H groups in total. The Morgan fingerprint density at radius 3 is 2.65 bits per heavy atom. The lowest BCUT2D eigenvalue weighted by atomic mass is 10.1. The molecule has 1 unspecified atom stereocenters. The monoisotopic (exact) mass is 457 g/mol. The Labute approximate surface area is 190 Å². The molecule has 0 bridgehead atoms. The Balaban J connectivity index is 1.70. The fourth-order valence-electron chi connectivity index (χ4n) is 2.98. The maximum absolute atomic E-state index is 12.9. The minimum absolute atomic E-state index is 0.157. The normalized spacial score (nSPS) is 12.2. The lowest BCUT2D eigenvalue weighted by Crippen LogP contribution is -2.24. The topological polar surface area (TPSA) is 81.2 Å². The Morgan fingerprint density at radius 1 is 1.19 bits per heavy atom. The van der Waals surface area contributed by atoms with E-state index in [0.717, 1.165) is 32.8 Å². The van der Waals surface area contributed by atoms with Crippen LogP contribution in [0, 0.1) is 19.8 Å². The molecular weight excluding hydrogens is 430 g/mol. The number of carbonyl (C=O) groups is 2. The van der Waals surface area contributed by atoms with E-state index >= 15 is 0 Å². The van der Waals surface area contributed by atoms with Crippen LogP contribution in [0.1, 0.15) is 48.1 Å². The summed E-state index contributed by atoms with van der Waals surface area (Å²) in [6.45, 7) is 10.1. The van der Waals surface area contributed by atoms with E-state index in [0.29, 0.717) is 28.7 Å². The molecule has 0 saturated heterocycles. The van der Waals surface area contributed by atoms with Gasteiger partial charge in [-0.3, -0.25) is 4.79 Å². The molecule has 2 aromatic heterocycles. The van der Waals surface area contributed by atoms with Crippen LogP contribution < -0.4 is 5.32 Å². The zero-order valence-corrected chi connectivity index (χ0v) is 20.0. The first kappa shape index (κ1) is 23.2. The molecule has 0 aliphatic carbocycles. The van der Waals surface area contributed by atoms with E-state index in [-0.39, 0.29) is 17.1 Å². The van der Waals surface area contributed by atoms with Crippen LogP contribution in [0.4, 0.5) is 5.13 Å². The molecule has 0 aliphatic rings. The summed E-state index contributed by atoms with van der Waals surface area (Å²) in [4.78, 5) is 34.6. The van der Waals surface area contributed by atoms with Crippen molar-refractivity contribution in [3.63, 3.8) is 0 Å². The predicted octanol–water partition coefficient (Wildman–Crippen LogP) is 5.63. The summed E-state index contributed by atoms with van der Waals surface area (Å²) in [6, 6.07) is 9.99. The average molecular weight is 458 g/mol. The molecule has 0 radical (unpaired) electrons. The number of pyridine rings is 1. The van der Waals surface area contributed by atoms with Crippen LogP contribution in [0.25, 0.3) is 10.9 Å². The summed E-state index contributed by atoms with van der Waals surface area (Å²) >= 11 is 2.58. The molecule has 1 amide bonds. The number of aryl methyl sites for hydroxylation is 2. The van der Waals surface area contributed by atoms with Gasteiger partial charge < -0.3 is 10.1 Å². The summed E-state index contributed by atoms with van der Waals surface area (Å²) in [5.74, 6) is -0.302. The molecule has 3 aromatic rings. The Morgan fingerprint density at radius 2 is 1.94 bits per heavy atom. The van der Waals surface area contributed by atoms with Gasteiger partial charge in [0, 0.05) is 5.39 Å². The molecule has 1 atom stereocenters. The number of rotatable bonds is 8. The third-order valence-corrected chi connectivity index (χ3v) is 6.92. The van der Waals surface area contributed by atoms with Crippen molar-refractivity contribution in [3.8, 4) is 0 Å². The van der Waals surface area contributed by atoms with Gasteiger partial charge in [0.25, 0.3) is 0 Å². The van der Waals surface area contributed by atoms with Crippen LogP contribution in [0.15, 0.2) is 35.4 Å². The lowest BCUT2D eigenvalue weighted by Gasteiger charge is -2.14. The van der Waals surface area contributed by atoms with Crippen molar-refractivity contribution in [2.45, 2.75) is 51.3 Å². The molecule has 6 nitrogen and oxygen atoms in total. The molecule has 0 spiro atoms. The molecule has 0 aliphatic heterocycles. The van der Waals surface area contributed by atoms with Crippen molar-refractivity contribution in [1.29, 1.82) is 0 Å². The molecule has 8 heteroatoms. The first-order valence-corrected chi connectivity index (χ1v) is 12.0. The number of aromatic nitrogens is 2. The van der Waals surface area contributed by atoms with Gasteiger partial charge in [0.15, 0.2) is 5.13 Å². The number of nitrogens with one attached hydrogen (secondary N) is 1. The Kier molecular flexibility index (Phi) is 7.67. The average Bonchev–Trinajstić information content (AvgIpc) is 3.10. The first-order valence-electron chi connectivity index (χ1n) is 10.3. The van der Waals surface area contributed by atoms with E-state index in [1.165, 1.54) is 11.8 Å². The molecular formula is C23H27N3O3S2. The number of esters is 1. The highest BCUT2D eigenvalue weighted by atomic mass is 32.2. The summed E-state index contributed by atoms with van der Waals surface area (Å²) in [6.07, 6.45) is 0.637. The number of nitrogens with zero attached hydrogens (tertiary/aromatic N) is 2. The zero-order valence-electron chi connectivity index (χ0n) is 18.4. The van der Waals surface area contributed by atoms with Crippen LogP contribution in [0.2, 0.25) is 0 Å².